The van der Waals surface area contributed by atoms with Gasteiger partial charge in [0, 0.05) is 29.3 Å². The van der Waals surface area contributed by atoms with Gasteiger partial charge in [0.25, 0.3) is 0 Å². The van der Waals surface area contributed by atoms with Crippen LogP contribution in [0.4, 0.5) is 10.1 Å². The van der Waals surface area contributed by atoms with Crippen LogP contribution in [0, 0.1) is 12.7 Å². The summed E-state index contributed by atoms with van der Waals surface area (Å²) in [4.78, 5) is 22.9. The van der Waals surface area contributed by atoms with E-state index in [4.69, 9.17) is 5.73 Å². The summed E-state index contributed by atoms with van der Waals surface area (Å²) in [5, 5.41) is 5.83. The fraction of sp³-hybridized carbons (Fsp3) is 0.467. The maximum absolute atomic E-state index is 13.7. The highest BCUT2D eigenvalue weighted by Gasteiger charge is 2.12. The molecule has 21 heavy (non-hydrogen) atoms. The zero-order chi connectivity index (χ0) is 16.0. The highest BCUT2D eigenvalue weighted by Crippen LogP contribution is 2.21. The topological polar surface area (TPSA) is 84.2 Å². The van der Waals surface area contributed by atoms with Gasteiger partial charge in [0.2, 0.25) is 11.8 Å². The van der Waals surface area contributed by atoms with Crippen LogP contribution in [0.15, 0.2) is 12.1 Å². The molecule has 0 aliphatic heterocycles. The molecule has 5 nitrogen and oxygen atoms in total. The van der Waals surface area contributed by atoms with Gasteiger partial charge < -0.3 is 16.4 Å². The van der Waals surface area contributed by atoms with Crippen LogP contribution in [0.25, 0.3) is 0 Å². The van der Waals surface area contributed by atoms with Gasteiger partial charge in [-0.15, -0.1) is 0 Å². The van der Waals surface area contributed by atoms with Crippen LogP contribution in [0.3, 0.4) is 0 Å². The molecular weight excluding hydrogens is 273 g/mol. The number of anilines is 1. The van der Waals surface area contributed by atoms with Crippen molar-refractivity contribution in [1.29, 1.82) is 0 Å². The molecule has 0 radical (unpaired) electrons. The van der Waals surface area contributed by atoms with Crippen molar-refractivity contribution < 1.29 is 14.0 Å². The number of amides is 2. The van der Waals surface area contributed by atoms with Crippen molar-refractivity contribution >= 4 is 17.5 Å². The van der Waals surface area contributed by atoms with Gasteiger partial charge in [0.05, 0.1) is 0 Å². The van der Waals surface area contributed by atoms with Gasteiger partial charge >= 0.3 is 0 Å². The molecule has 0 saturated heterocycles. The first kappa shape index (κ1) is 17.1. The summed E-state index contributed by atoms with van der Waals surface area (Å²) in [6.45, 7) is 6.33. The van der Waals surface area contributed by atoms with Gasteiger partial charge in [0.15, 0.2) is 0 Å². The van der Waals surface area contributed by atoms with Crippen molar-refractivity contribution in [3.8, 4) is 0 Å². The second kappa shape index (κ2) is 7.73. The second-order valence-corrected chi connectivity index (χ2v) is 5.26. The maximum Gasteiger partial charge on any atom is 0.248 e. The minimum atomic E-state index is -0.731. The van der Waals surface area contributed by atoms with Crippen LogP contribution in [-0.2, 0) is 4.79 Å². The molecule has 1 aromatic carbocycles. The molecule has 6 heteroatoms. The lowest BCUT2D eigenvalue weighted by Gasteiger charge is -2.11. The van der Waals surface area contributed by atoms with Crippen LogP contribution in [0.2, 0.25) is 0 Å². The quantitative estimate of drug-likeness (QED) is 0.672. The zero-order valence-electron chi connectivity index (χ0n) is 12.6. The number of benzene rings is 1. The third-order valence-corrected chi connectivity index (χ3v) is 3.04. The summed E-state index contributed by atoms with van der Waals surface area (Å²) in [6.07, 6.45) is 1.00. The average Bonchev–Trinajstić information content (AvgIpc) is 2.39. The Labute approximate surface area is 124 Å². The summed E-state index contributed by atoms with van der Waals surface area (Å²) in [6, 6.07) is 2.84. The highest BCUT2D eigenvalue weighted by atomic mass is 19.1. The van der Waals surface area contributed by atoms with E-state index in [0.29, 0.717) is 18.9 Å². The highest BCUT2D eigenvalue weighted by molar-refractivity contribution is 5.97. The molecule has 1 rings (SSSR count). The number of primary amides is 1. The van der Waals surface area contributed by atoms with Gasteiger partial charge in [-0.3, -0.25) is 9.59 Å². The summed E-state index contributed by atoms with van der Waals surface area (Å²) in [5.74, 6) is -1.52. The van der Waals surface area contributed by atoms with E-state index < -0.39 is 11.7 Å². The molecule has 0 unspecified atom stereocenters. The van der Waals surface area contributed by atoms with Crippen LogP contribution in [0.5, 0.6) is 0 Å². The van der Waals surface area contributed by atoms with Crippen LogP contribution >= 0.6 is 0 Å². The first-order valence-corrected chi connectivity index (χ1v) is 6.94. The summed E-state index contributed by atoms with van der Waals surface area (Å²) < 4.78 is 13.7. The minimum absolute atomic E-state index is 0.0369. The Morgan fingerprint density at radius 3 is 2.57 bits per heavy atom. The predicted octanol–water partition coefficient (Wildman–Crippen LogP) is 1.95. The lowest BCUT2D eigenvalue weighted by atomic mass is 10.1. The van der Waals surface area contributed by atoms with Crippen molar-refractivity contribution in [2.45, 2.75) is 39.7 Å². The Kier molecular flexibility index (Phi) is 6.30. The molecule has 116 valence electrons. The monoisotopic (exact) mass is 295 g/mol. The lowest BCUT2D eigenvalue weighted by Crippen LogP contribution is -2.25. The van der Waals surface area contributed by atoms with Gasteiger partial charge in [-0.25, -0.2) is 4.39 Å². The number of nitrogens with one attached hydrogen (secondary N) is 2. The number of hydrogen-bond acceptors (Lipinski definition) is 3. The Morgan fingerprint density at radius 2 is 2.00 bits per heavy atom. The molecule has 0 aliphatic rings. The van der Waals surface area contributed by atoms with E-state index >= 15 is 0 Å². The maximum atomic E-state index is 13.7. The molecule has 0 saturated carbocycles. The molecule has 0 atom stereocenters. The van der Waals surface area contributed by atoms with Crippen molar-refractivity contribution in [2.75, 3.05) is 11.9 Å². The average molecular weight is 295 g/mol. The molecule has 4 N–H and O–H groups in total. The molecule has 0 spiro atoms. The number of nitrogens with two attached hydrogens (primary N) is 1. The minimum Gasteiger partial charge on any atom is -0.366 e. The van der Waals surface area contributed by atoms with E-state index in [0.717, 1.165) is 12.6 Å². The van der Waals surface area contributed by atoms with Crippen molar-refractivity contribution in [2.24, 2.45) is 5.73 Å². The SMILES string of the molecule is Cc1c(F)cc(C(N)=O)cc1NC(=O)CCCNC(C)C. The van der Waals surface area contributed by atoms with E-state index in [9.17, 15) is 14.0 Å². The zero-order valence-corrected chi connectivity index (χ0v) is 12.6. The summed E-state index contributed by atoms with van der Waals surface area (Å²) >= 11 is 0. The van der Waals surface area contributed by atoms with Gasteiger partial charge in [0.1, 0.15) is 5.82 Å². The van der Waals surface area contributed by atoms with Gasteiger partial charge in [-0.1, -0.05) is 13.8 Å². The van der Waals surface area contributed by atoms with Crippen molar-refractivity contribution in [1.82, 2.24) is 5.32 Å². The number of halogens is 1. The third kappa shape index (κ3) is 5.51. The van der Waals surface area contributed by atoms with Crippen molar-refractivity contribution in [3.05, 3.63) is 29.1 Å². The Hall–Kier alpha value is -1.95. The van der Waals surface area contributed by atoms with E-state index in [1.807, 2.05) is 13.8 Å². The van der Waals surface area contributed by atoms with E-state index in [1.54, 1.807) is 0 Å². The molecule has 0 fully saturated rings. The molecule has 0 aromatic heterocycles. The van der Waals surface area contributed by atoms with Gasteiger partial charge in [-0.05, 0) is 32.0 Å². The first-order valence-electron chi connectivity index (χ1n) is 6.94. The Balaban J connectivity index is 2.65. The molecule has 0 bridgehead atoms. The molecule has 0 heterocycles. The smallest absolute Gasteiger partial charge is 0.248 e. The number of rotatable bonds is 7. The molecule has 1 aromatic rings. The fourth-order valence-corrected chi connectivity index (χ4v) is 1.80. The van der Waals surface area contributed by atoms with Crippen molar-refractivity contribution in [3.63, 3.8) is 0 Å². The summed E-state index contributed by atoms with van der Waals surface area (Å²) in [7, 11) is 0. The number of hydrogen-bond donors (Lipinski definition) is 3. The predicted molar refractivity (Wildman–Crippen MR) is 80.7 cm³/mol. The van der Waals surface area contributed by atoms with Crippen LogP contribution < -0.4 is 16.4 Å². The molecular formula is C15H22FN3O2. The van der Waals surface area contributed by atoms with Crippen LogP contribution in [0.1, 0.15) is 42.6 Å². The lowest BCUT2D eigenvalue weighted by molar-refractivity contribution is -0.116. The second-order valence-electron chi connectivity index (χ2n) is 5.26. The first-order chi connectivity index (χ1) is 9.81. The fourth-order valence-electron chi connectivity index (χ4n) is 1.80. The van der Waals surface area contributed by atoms with E-state index in [1.165, 1.54) is 13.0 Å². The normalized spacial score (nSPS) is 10.7. The van der Waals surface area contributed by atoms with E-state index in [2.05, 4.69) is 10.6 Å². The third-order valence-electron chi connectivity index (χ3n) is 3.04. The number of carbonyl (C=O) groups excluding carboxylic acids is 2. The van der Waals surface area contributed by atoms with Crippen LogP contribution in [-0.4, -0.2) is 24.4 Å². The molecule has 0 aliphatic carbocycles. The largest absolute Gasteiger partial charge is 0.366 e. The Bertz CT molecular complexity index is 530. The standard InChI is InChI=1S/C15H22FN3O2/c1-9(2)18-6-4-5-14(20)19-13-8-11(15(17)21)7-12(16)10(13)3/h7-9,18H,4-6H2,1-3H3,(H2,17,21)(H,19,20). The van der Waals surface area contributed by atoms with Gasteiger partial charge in [-0.2, -0.15) is 0 Å². The molecule has 2 amide bonds. The Morgan fingerprint density at radius 1 is 1.33 bits per heavy atom. The number of carbonyl (C=O) groups is 2. The summed E-state index contributed by atoms with van der Waals surface area (Å²) in [5.41, 5.74) is 5.74. The van der Waals surface area contributed by atoms with E-state index in [-0.39, 0.29) is 22.7 Å².